The highest BCUT2D eigenvalue weighted by Gasteiger charge is 2.17. The van der Waals surface area contributed by atoms with Crippen LogP contribution in [-0.4, -0.2) is 16.9 Å². The summed E-state index contributed by atoms with van der Waals surface area (Å²) in [6.45, 7) is 1.72. The van der Waals surface area contributed by atoms with E-state index in [1.807, 2.05) is 18.3 Å². The molecule has 1 saturated carbocycles. The third kappa shape index (κ3) is 4.24. The molecule has 120 valence electrons. The fourth-order valence-corrected chi connectivity index (χ4v) is 2.93. The van der Waals surface area contributed by atoms with Crippen LogP contribution in [0.5, 0.6) is 5.75 Å². The van der Waals surface area contributed by atoms with E-state index in [4.69, 9.17) is 4.74 Å². The minimum atomic E-state index is 0. The van der Waals surface area contributed by atoms with E-state index < -0.39 is 0 Å². The summed E-state index contributed by atoms with van der Waals surface area (Å²) >= 11 is 0. The highest BCUT2D eigenvalue weighted by Crippen LogP contribution is 2.28. The van der Waals surface area contributed by atoms with Crippen molar-refractivity contribution in [1.82, 2.24) is 15.1 Å². The lowest BCUT2D eigenvalue weighted by atomic mass is 10.2. The van der Waals surface area contributed by atoms with Gasteiger partial charge in [-0.2, -0.15) is 5.10 Å². The monoisotopic (exact) mass is 321 g/mol. The first kappa shape index (κ1) is 16.8. The molecule has 3 rings (SSSR count). The second kappa shape index (κ2) is 8.20. The van der Waals surface area contributed by atoms with Gasteiger partial charge in [-0.25, -0.2) is 0 Å². The zero-order valence-corrected chi connectivity index (χ0v) is 13.8. The number of halogens is 1. The Morgan fingerprint density at radius 2 is 1.82 bits per heavy atom. The number of methoxy groups -OCH3 is 1. The molecule has 1 fully saturated rings. The topological polar surface area (TPSA) is 39.1 Å². The molecule has 0 saturated heterocycles. The summed E-state index contributed by atoms with van der Waals surface area (Å²) < 4.78 is 7.31. The van der Waals surface area contributed by atoms with Crippen LogP contribution in [0.3, 0.4) is 0 Å². The molecular weight excluding hydrogens is 298 g/mol. The van der Waals surface area contributed by atoms with Gasteiger partial charge in [0.05, 0.1) is 19.3 Å². The van der Waals surface area contributed by atoms with E-state index >= 15 is 0 Å². The number of nitrogens with zero attached hydrogens (tertiary/aromatic N) is 2. The molecule has 1 heterocycles. The normalized spacial score (nSPS) is 14.8. The Balaban J connectivity index is 0.00000176. The standard InChI is InChI=1S/C17H23N3O.ClH/c1-21-17-8-6-14(7-9-17)10-18-11-15-12-19-20(13-15)16-4-2-3-5-16;/h6-9,12-13,16,18H,2-5,10-11H2,1H3;1H. The first-order valence-corrected chi connectivity index (χ1v) is 7.72. The van der Waals surface area contributed by atoms with E-state index in [0.717, 1.165) is 18.8 Å². The van der Waals surface area contributed by atoms with Gasteiger partial charge in [-0.05, 0) is 30.5 Å². The van der Waals surface area contributed by atoms with Gasteiger partial charge in [-0.15, -0.1) is 12.4 Å². The summed E-state index contributed by atoms with van der Waals surface area (Å²) in [7, 11) is 1.69. The summed E-state index contributed by atoms with van der Waals surface area (Å²) in [5.74, 6) is 0.900. The number of benzene rings is 1. The molecule has 1 aliphatic carbocycles. The van der Waals surface area contributed by atoms with Crippen molar-refractivity contribution in [2.75, 3.05) is 7.11 Å². The number of aromatic nitrogens is 2. The van der Waals surface area contributed by atoms with E-state index in [9.17, 15) is 0 Å². The highest BCUT2D eigenvalue weighted by molar-refractivity contribution is 5.85. The van der Waals surface area contributed by atoms with Gasteiger partial charge in [-0.1, -0.05) is 25.0 Å². The second-order valence-electron chi connectivity index (χ2n) is 5.72. The minimum absolute atomic E-state index is 0. The largest absolute Gasteiger partial charge is 0.497 e. The predicted octanol–water partition coefficient (Wildman–Crippen LogP) is 3.72. The van der Waals surface area contributed by atoms with Crippen LogP contribution in [-0.2, 0) is 13.1 Å². The zero-order chi connectivity index (χ0) is 14.5. The number of ether oxygens (including phenoxy) is 1. The Kier molecular flexibility index (Phi) is 6.28. The second-order valence-corrected chi connectivity index (χ2v) is 5.72. The van der Waals surface area contributed by atoms with Crippen molar-refractivity contribution < 1.29 is 4.74 Å². The maximum atomic E-state index is 5.16. The average Bonchev–Trinajstić information content (AvgIpc) is 3.19. The molecule has 0 atom stereocenters. The SMILES string of the molecule is COc1ccc(CNCc2cnn(C3CCCC3)c2)cc1.Cl. The molecule has 22 heavy (non-hydrogen) atoms. The number of rotatable bonds is 6. The third-order valence-electron chi connectivity index (χ3n) is 4.17. The van der Waals surface area contributed by atoms with Crippen molar-refractivity contribution >= 4 is 12.4 Å². The van der Waals surface area contributed by atoms with Crippen molar-refractivity contribution in [2.45, 2.75) is 44.8 Å². The van der Waals surface area contributed by atoms with Crippen LogP contribution in [0.1, 0.15) is 42.9 Å². The zero-order valence-electron chi connectivity index (χ0n) is 13.0. The molecular formula is C17H24ClN3O. The smallest absolute Gasteiger partial charge is 0.118 e. The van der Waals surface area contributed by atoms with E-state index in [1.165, 1.54) is 36.8 Å². The van der Waals surface area contributed by atoms with Crippen LogP contribution < -0.4 is 10.1 Å². The van der Waals surface area contributed by atoms with Gasteiger partial charge in [-0.3, -0.25) is 4.68 Å². The van der Waals surface area contributed by atoms with Crippen LogP contribution in [0, 0.1) is 0 Å². The van der Waals surface area contributed by atoms with Crippen molar-refractivity contribution in [1.29, 1.82) is 0 Å². The minimum Gasteiger partial charge on any atom is -0.497 e. The van der Waals surface area contributed by atoms with Gasteiger partial charge < -0.3 is 10.1 Å². The summed E-state index contributed by atoms with van der Waals surface area (Å²) in [5.41, 5.74) is 2.52. The molecule has 0 spiro atoms. The molecule has 0 unspecified atom stereocenters. The Labute approximate surface area is 138 Å². The Morgan fingerprint density at radius 1 is 1.14 bits per heavy atom. The van der Waals surface area contributed by atoms with Gasteiger partial charge in [0.2, 0.25) is 0 Å². The van der Waals surface area contributed by atoms with Gasteiger partial charge in [0.15, 0.2) is 0 Å². The maximum Gasteiger partial charge on any atom is 0.118 e. The molecule has 0 aliphatic heterocycles. The van der Waals surface area contributed by atoms with E-state index in [1.54, 1.807) is 7.11 Å². The maximum absolute atomic E-state index is 5.16. The van der Waals surface area contributed by atoms with Crippen LogP contribution >= 0.6 is 12.4 Å². The lowest BCUT2D eigenvalue weighted by molar-refractivity contribution is 0.414. The molecule has 0 radical (unpaired) electrons. The molecule has 1 aromatic heterocycles. The fourth-order valence-electron chi connectivity index (χ4n) is 2.93. The fraction of sp³-hybridized carbons (Fsp3) is 0.471. The van der Waals surface area contributed by atoms with Crippen molar-refractivity contribution in [2.24, 2.45) is 0 Å². The predicted molar refractivity (Wildman–Crippen MR) is 90.5 cm³/mol. The summed E-state index contributed by atoms with van der Waals surface area (Å²) in [5, 5.41) is 7.97. The molecule has 2 aromatic rings. The van der Waals surface area contributed by atoms with Gasteiger partial charge in [0.25, 0.3) is 0 Å². The Hall–Kier alpha value is -1.52. The lowest BCUT2D eigenvalue weighted by Crippen LogP contribution is -2.12. The Bertz CT molecular complexity index is 562. The third-order valence-corrected chi connectivity index (χ3v) is 4.17. The summed E-state index contributed by atoms with van der Waals surface area (Å²) in [6, 6.07) is 8.80. The van der Waals surface area contributed by atoms with Gasteiger partial charge in [0.1, 0.15) is 5.75 Å². The molecule has 1 aromatic carbocycles. The van der Waals surface area contributed by atoms with Crippen molar-refractivity contribution in [3.8, 4) is 5.75 Å². The molecule has 1 N–H and O–H groups in total. The summed E-state index contributed by atoms with van der Waals surface area (Å²) in [6.07, 6.45) is 9.42. The molecule has 0 amide bonds. The van der Waals surface area contributed by atoms with Crippen LogP contribution in [0.15, 0.2) is 36.7 Å². The van der Waals surface area contributed by atoms with E-state index in [2.05, 4.69) is 33.4 Å². The number of nitrogens with one attached hydrogen (secondary N) is 1. The van der Waals surface area contributed by atoms with Crippen molar-refractivity contribution in [3.05, 3.63) is 47.8 Å². The van der Waals surface area contributed by atoms with Crippen LogP contribution in [0.4, 0.5) is 0 Å². The molecule has 4 nitrogen and oxygen atoms in total. The average molecular weight is 322 g/mol. The Morgan fingerprint density at radius 3 is 2.50 bits per heavy atom. The van der Waals surface area contributed by atoms with Gasteiger partial charge in [0, 0.05) is 24.8 Å². The molecule has 5 heteroatoms. The van der Waals surface area contributed by atoms with Crippen LogP contribution in [0.2, 0.25) is 0 Å². The van der Waals surface area contributed by atoms with Gasteiger partial charge >= 0.3 is 0 Å². The number of hydrogen-bond acceptors (Lipinski definition) is 3. The van der Waals surface area contributed by atoms with Crippen LogP contribution in [0.25, 0.3) is 0 Å². The van der Waals surface area contributed by atoms with E-state index in [0.29, 0.717) is 6.04 Å². The van der Waals surface area contributed by atoms with E-state index in [-0.39, 0.29) is 12.4 Å². The highest BCUT2D eigenvalue weighted by atomic mass is 35.5. The first-order valence-electron chi connectivity index (χ1n) is 7.72. The lowest BCUT2D eigenvalue weighted by Gasteiger charge is -2.08. The number of hydrogen-bond donors (Lipinski definition) is 1. The van der Waals surface area contributed by atoms with Crippen molar-refractivity contribution in [3.63, 3.8) is 0 Å². The summed E-state index contributed by atoms with van der Waals surface area (Å²) in [4.78, 5) is 0. The first-order chi connectivity index (χ1) is 10.3. The molecule has 0 bridgehead atoms. The molecule has 1 aliphatic rings. The quantitative estimate of drug-likeness (QED) is 0.881.